The van der Waals surface area contributed by atoms with Gasteiger partial charge in [-0.1, -0.05) is 0 Å². The van der Waals surface area contributed by atoms with E-state index in [0.29, 0.717) is 0 Å². The van der Waals surface area contributed by atoms with Crippen LogP contribution in [0.25, 0.3) is 0 Å². The van der Waals surface area contributed by atoms with Crippen molar-refractivity contribution >= 4 is 22.6 Å². The first-order valence-corrected chi connectivity index (χ1v) is 2.95. The lowest BCUT2D eigenvalue weighted by Crippen LogP contribution is -3.11. The Morgan fingerprint density at radius 3 is 1.86 bits per heavy atom. The Morgan fingerprint density at radius 1 is 1.71 bits per heavy atom. The van der Waals surface area contributed by atoms with Crippen LogP contribution in [0.5, 0.6) is 0 Å². The van der Waals surface area contributed by atoms with E-state index >= 15 is 0 Å². The van der Waals surface area contributed by atoms with Crippen LogP contribution in [0.1, 0.15) is 13.8 Å². The molecule has 0 spiro atoms. The molecule has 0 bridgehead atoms. The quantitative estimate of drug-likeness (QED) is 0.279. The van der Waals surface area contributed by atoms with Crippen LogP contribution in [0.2, 0.25) is 0 Å². The van der Waals surface area contributed by atoms with Crippen LogP contribution in [0, 0.1) is 5.21 Å². The molecule has 0 aliphatic heterocycles. The normalized spacial score (nSPS) is 16.7. The van der Waals surface area contributed by atoms with Crippen molar-refractivity contribution in [1.82, 2.24) is 0 Å². The minimum absolute atomic E-state index is 0.613. The lowest BCUT2D eigenvalue weighted by atomic mass is 10.4. The summed E-state index contributed by atoms with van der Waals surface area (Å²) in [5.41, 5.74) is 0. The third-order valence-corrected chi connectivity index (χ3v) is 0.970. The van der Waals surface area contributed by atoms with Crippen molar-refractivity contribution in [3.63, 3.8) is 0 Å². The molecule has 0 saturated carbocycles. The summed E-state index contributed by atoms with van der Waals surface area (Å²) in [6.45, 7) is 3.30. The van der Waals surface area contributed by atoms with Gasteiger partial charge in [-0.2, -0.15) is 0 Å². The second kappa shape index (κ2) is 2.25. The monoisotopic (exact) mass is 217 g/mol. The van der Waals surface area contributed by atoms with E-state index in [2.05, 4.69) is 0 Å². The third-order valence-electron chi connectivity index (χ3n) is 0.509. The summed E-state index contributed by atoms with van der Waals surface area (Å²) < 4.78 is -0.613. The van der Waals surface area contributed by atoms with Crippen LogP contribution < -0.4 is 5.23 Å². The maximum atomic E-state index is 10.0. The van der Waals surface area contributed by atoms with Gasteiger partial charge in [0.1, 0.15) is 0 Å². The molecule has 4 heteroatoms. The van der Waals surface area contributed by atoms with Crippen molar-refractivity contribution in [3.05, 3.63) is 5.21 Å². The molecular formula is C3H8INO2. The van der Waals surface area contributed by atoms with Gasteiger partial charge >= 0.3 is 0 Å². The first-order chi connectivity index (χ1) is 2.94. The summed E-state index contributed by atoms with van der Waals surface area (Å²) in [5.74, 6) is 0. The lowest BCUT2D eigenvalue weighted by molar-refractivity contribution is -1.07. The van der Waals surface area contributed by atoms with Crippen LogP contribution in [-0.2, 0) is 0 Å². The number of rotatable bonds is 1. The van der Waals surface area contributed by atoms with Crippen LogP contribution in [0.3, 0.4) is 0 Å². The predicted molar refractivity (Wildman–Crippen MR) is 34.2 cm³/mol. The Hall–Kier alpha value is 0.610. The zero-order valence-corrected chi connectivity index (χ0v) is 6.39. The van der Waals surface area contributed by atoms with E-state index in [9.17, 15) is 5.21 Å². The summed E-state index contributed by atoms with van der Waals surface area (Å²) >= 11 is 1.87. The molecule has 0 aromatic heterocycles. The molecule has 0 fully saturated rings. The van der Waals surface area contributed by atoms with E-state index in [1.807, 2.05) is 22.6 Å². The van der Waals surface area contributed by atoms with Crippen molar-refractivity contribution in [1.29, 1.82) is 0 Å². The van der Waals surface area contributed by atoms with Gasteiger partial charge < -0.3 is 5.21 Å². The van der Waals surface area contributed by atoms with Crippen molar-refractivity contribution in [2.75, 3.05) is 0 Å². The lowest BCUT2D eigenvalue weighted by Gasteiger charge is -2.24. The van der Waals surface area contributed by atoms with Gasteiger partial charge in [0.15, 0.2) is 3.55 Å². The Labute approximate surface area is 56.0 Å². The summed E-state index contributed by atoms with van der Waals surface area (Å²) in [6.07, 6.45) is 0. The zero-order valence-electron chi connectivity index (χ0n) is 4.23. The molecule has 0 aliphatic carbocycles. The fourth-order valence-corrected chi connectivity index (χ4v) is 0. The first-order valence-electron chi connectivity index (χ1n) is 1.87. The molecule has 2 N–H and O–H groups in total. The first kappa shape index (κ1) is 7.61. The summed E-state index contributed by atoms with van der Waals surface area (Å²) in [4.78, 5) is 0. The zero-order chi connectivity index (χ0) is 6.08. The molecule has 0 heterocycles. The number of hydroxylamine groups is 2. The Bertz CT molecular complexity index is 58.4. The molecule has 1 unspecified atom stereocenters. The minimum Gasteiger partial charge on any atom is -0.599 e. The fraction of sp³-hybridized carbons (Fsp3) is 1.00. The number of hydrogen-bond acceptors (Lipinski definition) is 2. The molecule has 44 valence electrons. The number of alkyl halides is 1. The molecule has 0 saturated heterocycles. The maximum absolute atomic E-state index is 10.0. The number of halogens is 1. The van der Waals surface area contributed by atoms with Crippen LogP contribution >= 0.6 is 22.6 Å². The third kappa shape index (κ3) is 3.22. The van der Waals surface area contributed by atoms with E-state index in [1.165, 1.54) is 0 Å². The van der Waals surface area contributed by atoms with Crippen LogP contribution in [0.15, 0.2) is 0 Å². The predicted octanol–water partition coefficient (Wildman–Crippen LogP) is -0.0706. The van der Waals surface area contributed by atoms with Crippen LogP contribution in [0.4, 0.5) is 0 Å². The number of hydrogen-bond donors (Lipinski definition) is 2. The van der Waals surface area contributed by atoms with Gasteiger partial charge in [-0.3, -0.25) is 0 Å². The largest absolute Gasteiger partial charge is 0.599 e. The van der Waals surface area contributed by atoms with Gasteiger partial charge in [0, 0.05) is 13.8 Å². The standard InChI is InChI=1S/C3H8INO2/c1-3(2,4)5(6)7/h5-6H,1-2H3. The highest BCUT2D eigenvalue weighted by atomic mass is 127. The SMILES string of the molecule is CC(C)(I)[NH+]([O-])O. The summed E-state index contributed by atoms with van der Waals surface area (Å²) in [5, 5.41) is 17.5. The Balaban J connectivity index is 3.54. The molecule has 0 amide bonds. The molecule has 0 aliphatic rings. The van der Waals surface area contributed by atoms with Gasteiger partial charge in [0.05, 0.1) is 0 Å². The minimum atomic E-state index is -0.770. The second-order valence-corrected chi connectivity index (χ2v) is 4.47. The summed E-state index contributed by atoms with van der Waals surface area (Å²) in [7, 11) is 0. The van der Waals surface area contributed by atoms with Crippen molar-refractivity contribution in [3.8, 4) is 0 Å². The molecular weight excluding hydrogens is 209 g/mol. The topological polar surface area (TPSA) is 47.7 Å². The highest BCUT2D eigenvalue weighted by molar-refractivity contribution is 14.1. The molecule has 7 heavy (non-hydrogen) atoms. The highest BCUT2D eigenvalue weighted by Gasteiger charge is 2.18. The second-order valence-electron chi connectivity index (χ2n) is 1.78. The number of quaternary nitrogens is 1. The van der Waals surface area contributed by atoms with E-state index in [-0.39, 0.29) is 0 Å². The van der Waals surface area contributed by atoms with E-state index in [4.69, 9.17) is 5.21 Å². The van der Waals surface area contributed by atoms with Gasteiger partial charge in [-0.25, -0.2) is 10.4 Å². The van der Waals surface area contributed by atoms with Crippen molar-refractivity contribution in [2.45, 2.75) is 17.4 Å². The van der Waals surface area contributed by atoms with Gasteiger partial charge in [-0.15, -0.1) is 0 Å². The molecule has 1 atom stereocenters. The summed E-state index contributed by atoms with van der Waals surface area (Å²) in [6, 6.07) is 0. The average molecular weight is 217 g/mol. The molecule has 3 nitrogen and oxygen atoms in total. The maximum Gasteiger partial charge on any atom is 0.171 e. The van der Waals surface area contributed by atoms with Gasteiger partial charge in [-0.05, 0) is 22.6 Å². The molecule has 0 rings (SSSR count). The smallest absolute Gasteiger partial charge is 0.171 e. The average Bonchev–Trinajstić information content (AvgIpc) is 1.31. The fourth-order valence-electron chi connectivity index (χ4n) is 0. The highest BCUT2D eigenvalue weighted by Crippen LogP contribution is 2.04. The van der Waals surface area contributed by atoms with E-state index < -0.39 is 8.77 Å². The van der Waals surface area contributed by atoms with E-state index in [1.54, 1.807) is 13.8 Å². The Kier molecular flexibility index (Phi) is 2.45. The molecule has 0 aromatic carbocycles. The van der Waals surface area contributed by atoms with Gasteiger partial charge in [0.2, 0.25) is 0 Å². The molecule has 0 radical (unpaired) electrons. The molecule has 0 aromatic rings. The number of nitrogens with one attached hydrogen (secondary N) is 1. The van der Waals surface area contributed by atoms with E-state index in [0.717, 1.165) is 0 Å². The van der Waals surface area contributed by atoms with Crippen molar-refractivity contribution < 1.29 is 10.4 Å². The van der Waals surface area contributed by atoms with Gasteiger partial charge in [0.25, 0.3) is 0 Å². The van der Waals surface area contributed by atoms with Crippen LogP contribution in [-0.4, -0.2) is 8.75 Å². The Morgan fingerprint density at radius 2 is 1.86 bits per heavy atom. The van der Waals surface area contributed by atoms with Crippen molar-refractivity contribution in [2.24, 2.45) is 0 Å².